The predicted octanol–water partition coefficient (Wildman–Crippen LogP) is 4.40. The van der Waals surface area contributed by atoms with Gasteiger partial charge in [-0.05, 0) is 48.7 Å². The zero-order chi connectivity index (χ0) is 19.6. The molecule has 0 bridgehead atoms. The van der Waals surface area contributed by atoms with Gasteiger partial charge in [-0.1, -0.05) is 47.1 Å². The number of hydrogen-bond donors (Lipinski definition) is 0. The molecule has 6 heteroatoms. The Morgan fingerprint density at radius 1 is 1.15 bits per heavy atom. The predicted molar refractivity (Wildman–Crippen MR) is 106 cm³/mol. The summed E-state index contributed by atoms with van der Waals surface area (Å²) in [5.41, 5.74) is 3.56. The van der Waals surface area contributed by atoms with E-state index in [1.54, 1.807) is 0 Å². The topological polar surface area (TPSA) is 57.1 Å². The van der Waals surface area contributed by atoms with E-state index in [-0.39, 0.29) is 5.97 Å². The second-order valence-corrected chi connectivity index (χ2v) is 6.39. The fraction of sp³-hybridized carbons (Fsp3) is 0.333. The summed E-state index contributed by atoms with van der Waals surface area (Å²) in [5.74, 6) is -0.377. The molecule has 1 atom stereocenters. The molecule has 0 N–H and O–H groups in total. The number of carbonyl (C=O) groups excluding carboxylic acids is 1. The first-order valence-corrected chi connectivity index (χ1v) is 9.11. The number of halogens is 1. The van der Waals surface area contributed by atoms with Crippen molar-refractivity contribution in [2.24, 2.45) is 5.16 Å². The second-order valence-electron chi connectivity index (χ2n) is 5.95. The summed E-state index contributed by atoms with van der Waals surface area (Å²) < 4.78 is 10.3. The summed E-state index contributed by atoms with van der Waals surface area (Å²) in [7, 11) is 1.36. The Bertz CT molecular complexity index is 791. The quantitative estimate of drug-likeness (QED) is 0.362. The Morgan fingerprint density at radius 2 is 1.89 bits per heavy atom. The molecule has 144 valence electrons. The lowest BCUT2D eigenvalue weighted by atomic mass is 10.0. The van der Waals surface area contributed by atoms with E-state index in [2.05, 4.69) is 5.16 Å². The highest BCUT2D eigenvalue weighted by Gasteiger charge is 2.20. The van der Waals surface area contributed by atoms with Gasteiger partial charge in [-0.2, -0.15) is 0 Å². The first kappa shape index (κ1) is 20.9. The Labute approximate surface area is 164 Å². The van der Waals surface area contributed by atoms with Crippen molar-refractivity contribution in [3.8, 4) is 0 Å². The van der Waals surface area contributed by atoms with Crippen molar-refractivity contribution in [3.05, 3.63) is 70.2 Å². The number of nitrogens with zero attached hydrogens (tertiary/aromatic N) is 1. The lowest BCUT2D eigenvalue weighted by Gasteiger charge is -2.15. The van der Waals surface area contributed by atoms with Crippen LogP contribution in [0.5, 0.6) is 0 Å². The minimum atomic E-state index is -0.619. The van der Waals surface area contributed by atoms with Crippen LogP contribution < -0.4 is 0 Å². The van der Waals surface area contributed by atoms with Crippen LogP contribution in [0.1, 0.15) is 30.5 Å². The van der Waals surface area contributed by atoms with Crippen molar-refractivity contribution in [1.29, 1.82) is 0 Å². The molecule has 0 saturated heterocycles. The number of oxime groups is 1. The van der Waals surface area contributed by atoms with Crippen molar-refractivity contribution < 1.29 is 19.1 Å². The van der Waals surface area contributed by atoms with Gasteiger partial charge in [0, 0.05) is 18.1 Å². The molecule has 0 aromatic heterocycles. The SMILES string of the molecule is CCO[C@H](Cc1cccc(/C(C)=N/OCc2cccc(Cl)c2)c1)C(=O)OC. The Hall–Kier alpha value is -2.37. The van der Waals surface area contributed by atoms with Gasteiger partial charge in [-0.3, -0.25) is 0 Å². The van der Waals surface area contributed by atoms with E-state index in [4.69, 9.17) is 25.9 Å². The van der Waals surface area contributed by atoms with Gasteiger partial charge in [0.1, 0.15) is 6.61 Å². The Balaban J connectivity index is 2.03. The minimum Gasteiger partial charge on any atom is -0.467 e. The lowest BCUT2D eigenvalue weighted by molar-refractivity contribution is -0.153. The molecule has 0 aliphatic carbocycles. The Kier molecular flexibility index (Phi) is 8.30. The molecule has 0 aliphatic rings. The lowest BCUT2D eigenvalue weighted by Crippen LogP contribution is -2.28. The molecule has 0 amide bonds. The number of ether oxygens (including phenoxy) is 2. The highest BCUT2D eigenvalue weighted by Crippen LogP contribution is 2.14. The molecule has 0 heterocycles. The number of hydrogen-bond acceptors (Lipinski definition) is 5. The van der Waals surface area contributed by atoms with Gasteiger partial charge in [0.25, 0.3) is 0 Å². The van der Waals surface area contributed by atoms with Crippen LogP contribution in [0.25, 0.3) is 0 Å². The summed E-state index contributed by atoms with van der Waals surface area (Å²) in [4.78, 5) is 17.3. The van der Waals surface area contributed by atoms with E-state index in [0.29, 0.717) is 24.7 Å². The Morgan fingerprint density at radius 3 is 2.59 bits per heavy atom. The number of esters is 1. The number of benzene rings is 2. The smallest absolute Gasteiger partial charge is 0.335 e. The summed E-state index contributed by atoms with van der Waals surface area (Å²) in [6, 6.07) is 15.2. The van der Waals surface area contributed by atoms with Gasteiger partial charge in [0.15, 0.2) is 6.10 Å². The molecule has 0 unspecified atom stereocenters. The largest absolute Gasteiger partial charge is 0.467 e. The number of rotatable bonds is 9. The molecule has 0 saturated carbocycles. The van der Waals surface area contributed by atoms with E-state index in [0.717, 1.165) is 22.4 Å². The molecular weight excluding hydrogens is 366 g/mol. The first-order chi connectivity index (χ1) is 13.0. The molecule has 2 aromatic carbocycles. The van der Waals surface area contributed by atoms with Crippen LogP contribution in [-0.4, -0.2) is 31.5 Å². The third-order valence-corrected chi connectivity index (χ3v) is 4.15. The zero-order valence-electron chi connectivity index (χ0n) is 15.8. The van der Waals surface area contributed by atoms with Gasteiger partial charge in [-0.25, -0.2) is 4.79 Å². The van der Waals surface area contributed by atoms with Crippen LogP contribution in [0.3, 0.4) is 0 Å². The van der Waals surface area contributed by atoms with Crippen LogP contribution in [0.15, 0.2) is 53.7 Å². The highest BCUT2D eigenvalue weighted by atomic mass is 35.5. The molecule has 27 heavy (non-hydrogen) atoms. The van der Waals surface area contributed by atoms with Crippen LogP contribution >= 0.6 is 11.6 Å². The highest BCUT2D eigenvalue weighted by molar-refractivity contribution is 6.30. The summed E-state index contributed by atoms with van der Waals surface area (Å²) in [5, 5.41) is 4.84. The van der Waals surface area contributed by atoms with Gasteiger partial charge in [0.05, 0.1) is 12.8 Å². The van der Waals surface area contributed by atoms with Gasteiger partial charge in [-0.15, -0.1) is 0 Å². The maximum absolute atomic E-state index is 11.8. The second kappa shape index (κ2) is 10.7. The van der Waals surface area contributed by atoms with Crippen LogP contribution in [0, 0.1) is 0 Å². The van der Waals surface area contributed by atoms with Gasteiger partial charge in [0.2, 0.25) is 0 Å². The van der Waals surface area contributed by atoms with E-state index in [9.17, 15) is 4.79 Å². The average Bonchev–Trinajstić information content (AvgIpc) is 2.67. The summed E-state index contributed by atoms with van der Waals surface area (Å²) >= 11 is 5.96. The molecule has 0 fully saturated rings. The maximum Gasteiger partial charge on any atom is 0.335 e. The van der Waals surface area contributed by atoms with E-state index >= 15 is 0 Å². The normalized spacial score (nSPS) is 12.5. The molecular formula is C21H24ClNO4. The molecule has 2 aromatic rings. The van der Waals surface area contributed by atoms with Crippen molar-refractivity contribution in [3.63, 3.8) is 0 Å². The first-order valence-electron chi connectivity index (χ1n) is 8.73. The van der Waals surface area contributed by atoms with Crippen LogP contribution in [-0.2, 0) is 32.1 Å². The van der Waals surface area contributed by atoms with Crippen molar-refractivity contribution in [1.82, 2.24) is 0 Å². The standard InChI is InChI=1S/C21H24ClNO4/c1-4-26-20(21(24)25-3)13-16-7-5-9-18(11-16)15(2)23-27-14-17-8-6-10-19(22)12-17/h5-12,20H,4,13-14H2,1-3H3/b23-15+/t20-/m1/s1. The minimum absolute atomic E-state index is 0.340. The molecule has 0 spiro atoms. The van der Waals surface area contributed by atoms with Crippen molar-refractivity contribution in [2.75, 3.05) is 13.7 Å². The molecule has 2 rings (SSSR count). The fourth-order valence-electron chi connectivity index (χ4n) is 2.56. The van der Waals surface area contributed by atoms with Gasteiger partial charge < -0.3 is 14.3 Å². The average molecular weight is 390 g/mol. The summed E-state index contributed by atoms with van der Waals surface area (Å²) in [6.07, 6.45) is -0.183. The number of carbonyl (C=O) groups is 1. The zero-order valence-corrected chi connectivity index (χ0v) is 16.5. The van der Waals surface area contributed by atoms with Crippen LogP contribution in [0.2, 0.25) is 5.02 Å². The van der Waals surface area contributed by atoms with E-state index < -0.39 is 6.10 Å². The molecule has 0 radical (unpaired) electrons. The molecule has 0 aliphatic heterocycles. The number of methoxy groups -OCH3 is 1. The summed E-state index contributed by atoms with van der Waals surface area (Å²) in [6.45, 7) is 4.50. The third-order valence-electron chi connectivity index (χ3n) is 3.92. The van der Waals surface area contributed by atoms with E-state index in [1.807, 2.05) is 62.4 Å². The van der Waals surface area contributed by atoms with Crippen molar-refractivity contribution >= 4 is 23.3 Å². The molecule has 5 nitrogen and oxygen atoms in total. The van der Waals surface area contributed by atoms with E-state index in [1.165, 1.54) is 7.11 Å². The maximum atomic E-state index is 11.8. The third kappa shape index (κ3) is 6.70. The van der Waals surface area contributed by atoms with Crippen molar-refractivity contribution in [2.45, 2.75) is 33.0 Å². The monoisotopic (exact) mass is 389 g/mol. The van der Waals surface area contributed by atoms with Gasteiger partial charge >= 0.3 is 5.97 Å². The fourth-order valence-corrected chi connectivity index (χ4v) is 2.78. The van der Waals surface area contributed by atoms with Crippen LogP contribution in [0.4, 0.5) is 0 Å².